The summed E-state index contributed by atoms with van der Waals surface area (Å²) in [5, 5.41) is 5.79. The molecule has 0 aliphatic heterocycles. The lowest BCUT2D eigenvalue weighted by Gasteiger charge is -2.13. The molecule has 0 aliphatic carbocycles. The summed E-state index contributed by atoms with van der Waals surface area (Å²) in [4.78, 5) is 24.8. The van der Waals surface area contributed by atoms with Crippen molar-refractivity contribution in [1.82, 2.24) is 10.6 Å². The summed E-state index contributed by atoms with van der Waals surface area (Å²) in [6.07, 6.45) is 0. The van der Waals surface area contributed by atoms with Crippen molar-refractivity contribution < 1.29 is 22.7 Å². The minimum atomic E-state index is -3.91. The zero-order valence-corrected chi connectivity index (χ0v) is 19.2. The SMILES string of the molecule is COc1ccc(C(=O)NCCNC(=O)c2ccccc2NS(=O)(=O)c2ccc(Cl)cc2)cc1. The van der Waals surface area contributed by atoms with Crippen LogP contribution in [0.1, 0.15) is 20.7 Å². The Morgan fingerprint density at radius 1 is 0.848 bits per heavy atom. The van der Waals surface area contributed by atoms with Crippen LogP contribution in [-0.2, 0) is 10.0 Å². The first kappa shape index (κ1) is 24.1. The van der Waals surface area contributed by atoms with Crippen molar-refractivity contribution in [1.29, 1.82) is 0 Å². The van der Waals surface area contributed by atoms with Crippen molar-refractivity contribution in [2.24, 2.45) is 0 Å². The normalized spacial score (nSPS) is 10.8. The molecule has 3 N–H and O–H groups in total. The van der Waals surface area contributed by atoms with Crippen molar-refractivity contribution >= 4 is 39.1 Å². The molecule has 3 aromatic rings. The number of halogens is 1. The Labute approximate surface area is 197 Å². The molecule has 0 atom stereocenters. The number of hydrogen-bond acceptors (Lipinski definition) is 5. The monoisotopic (exact) mass is 487 g/mol. The van der Waals surface area contributed by atoms with Gasteiger partial charge in [0.25, 0.3) is 21.8 Å². The molecule has 8 nitrogen and oxygen atoms in total. The number of benzene rings is 3. The van der Waals surface area contributed by atoms with Crippen LogP contribution in [0.5, 0.6) is 5.75 Å². The maximum atomic E-state index is 12.7. The highest BCUT2D eigenvalue weighted by molar-refractivity contribution is 7.92. The number of ether oxygens (including phenoxy) is 1. The first-order valence-corrected chi connectivity index (χ1v) is 11.7. The van der Waals surface area contributed by atoms with Gasteiger partial charge in [0.1, 0.15) is 5.75 Å². The van der Waals surface area contributed by atoms with Crippen LogP contribution in [0.15, 0.2) is 77.7 Å². The van der Waals surface area contributed by atoms with Crippen LogP contribution in [0.3, 0.4) is 0 Å². The van der Waals surface area contributed by atoms with Crippen LogP contribution in [0.2, 0.25) is 5.02 Å². The molecule has 0 bridgehead atoms. The molecule has 172 valence electrons. The van der Waals surface area contributed by atoms with E-state index in [1.54, 1.807) is 43.5 Å². The third kappa shape index (κ3) is 6.47. The topological polar surface area (TPSA) is 114 Å². The molecule has 0 saturated carbocycles. The molecule has 10 heteroatoms. The molecule has 0 spiro atoms. The van der Waals surface area contributed by atoms with Gasteiger partial charge in [-0.15, -0.1) is 0 Å². The third-order valence-corrected chi connectivity index (χ3v) is 6.22. The molecule has 3 aromatic carbocycles. The average molecular weight is 488 g/mol. The first-order valence-electron chi connectivity index (χ1n) is 9.88. The van der Waals surface area contributed by atoms with Crippen LogP contribution in [-0.4, -0.2) is 40.4 Å². The predicted octanol–water partition coefficient (Wildman–Crippen LogP) is 3.31. The lowest BCUT2D eigenvalue weighted by molar-refractivity contribution is 0.0928. The third-order valence-electron chi connectivity index (χ3n) is 4.59. The standard InChI is InChI=1S/C23H22ClN3O5S/c1-32-18-10-6-16(7-11-18)22(28)25-14-15-26-23(29)20-4-2-3-5-21(20)27-33(30,31)19-12-8-17(24)9-13-19/h2-13,27H,14-15H2,1H3,(H,25,28)(H,26,29). The number of hydrogen-bond donors (Lipinski definition) is 3. The van der Waals surface area contributed by atoms with Gasteiger partial charge in [0.2, 0.25) is 0 Å². The zero-order chi connectivity index (χ0) is 23.8. The summed E-state index contributed by atoms with van der Waals surface area (Å²) >= 11 is 5.82. The molecule has 2 amide bonds. The van der Waals surface area contributed by atoms with Crippen LogP contribution in [0.4, 0.5) is 5.69 Å². The van der Waals surface area contributed by atoms with Crippen LogP contribution in [0, 0.1) is 0 Å². The fourth-order valence-corrected chi connectivity index (χ4v) is 4.09. The van der Waals surface area contributed by atoms with Gasteiger partial charge in [0.15, 0.2) is 0 Å². The summed E-state index contributed by atoms with van der Waals surface area (Å²) < 4.78 is 32.8. The van der Waals surface area contributed by atoms with Gasteiger partial charge in [-0.2, -0.15) is 0 Å². The Bertz CT molecular complexity index is 1230. The van der Waals surface area contributed by atoms with Gasteiger partial charge in [-0.3, -0.25) is 14.3 Å². The van der Waals surface area contributed by atoms with Gasteiger partial charge >= 0.3 is 0 Å². The number of amides is 2. The first-order chi connectivity index (χ1) is 15.8. The second-order valence-corrected chi connectivity index (χ2v) is 8.96. The molecule has 3 rings (SSSR count). The second kappa shape index (κ2) is 10.8. The van der Waals surface area contributed by atoms with Gasteiger partial charge in [-0.1, -0.05) is 23.7 Å². The number of carbonyl (C=O) groups excluding carboxylic acids is 2. The van der Waals surface area contributed by atoms with Crippen LogP contribution < -0.4 is 20.1 Å². The van der Waals surface area contributed by atoms with Crippen molar-refractivity contribution in [2.45, 2.75) is 4.90 Å². The molecule has 0 heterocycles. The van der Waals surface area contributed by atoms with Crippen molar-refractivity contribution in [2.75, 3.05) is 24.9 Å². The van der Waals surface area contributed by atoms with E-state index in [2.05, 4.69) is 15.4 Å². The van der Waals surface area contributed by atoms with Gasteiger partial charge < -0.3 is 15.4 Å². The highest BCUT2D eigenvalue weighted by atomic mass is 35.5. The number of para-hydroxylation sites is 1. The largest absolute Gasteiger partial charge is 0.497 e. The summed E-state index contributed by atoms with van der Waals surface area (Å²) in [5.41, 5.74) is 0.743. The number of methoxy groups -OCH3 is 1. The van der Waals surface area contributed by atoms with E-state index in [9.17, 15) is 18.0 Å². The van der Waals surface area contributed by atoms with E-state index < -0.39 is 15.9 Å². The maximum absolute atomic E-state index is 12.7. The molecule has 0 aliphatic rings. The van der Waals surface area contributed by atoms with E-state index in [0.717, 1.165) is 0 Å². The Hall–Kier alpha value is -3.56. The van der Waals surface area contributed by atoms with E-state index in [0.29, 0.717) is 16.3 Å². The molecular formula is C23H22ClN3O5S. The van der Waals surface area contributed by atoms with Gasteiger partial charge in [-0.25, -0.2) is 8.42 Å². The lowest BCUT2D eigenvalue weighted by atomic mass is 10.1. The zero-order valence-electron chi connectivity index (χ0n) is 17.7. The maximum Gasteiger partial charge on any atom is 0.261 e. The molecule has 0 radical (unpaired) electrons. The summed E-state index contributed by atoms with van der Waals surface area (Å²) in [5.74, 6) is -0.129. The van der Waals surface area contributed by atoms with Gasteiger partial charge in [-0.05, 0) is 60.7 Å². The van der Waals surface area contributed by atoms with Gasteiger partial charge in [0.05, 0.1) is 23.3 Å². The molecule has 0 saturated heterocycles. The fourth-order valence-electron chi connectivity index (χ4n) is 2.88. The van der Waals surface area contributed by atoms with Crippen molar-refractivity contribution in [3.05, 3.63) is 88.9 Å². The Morgan fingerprint density at radius 2 is 1.45 bits per heavy atom. The smallest absolute Gasteiger partial charge is 0.261 e. The van der Waals surface area contributed by atoms with E-state index >= 15 is 0 Å². The van der Waals surface area contributed by atoms with E-state index in [1.165, 1.54) is 36.4 Å². The van der Waals surface area contributed by atoms with E-state index in [1.807, 2.05) is 0 Å². The van der Waals surface area contributed by atoms with Crippen LogP contribution >= 0.6 is 11.6 Å². The number of sulfonamides is 1. The molecule has 33 heavy (non-hydrogen) atoms. The minimum Gasteiger partial charge on any atom is -0.497 e. The highest BCUT2D eigenvalue weighted by Gasteiger charge is 2.18. The molecule has 0 aromatic heterocycles. The molecular weight excluding hydrogens is 466 g/mol. The second-order valence-electron chi connectivity index (χ2n) is 6.85. The van der Waals surface area contributed by atoms with Crippen LogP contribution in [0.25, 0.3) is 0 Å². The molecule has 0 fully saturated rings. The average Bonchev–Trinajstić information content (AvgIpc) is 2.82. The van der Waals surface area contributed by atoms with Gasteiger partial charge in [0, 0.05) is 23.7 Å². The minimum absolute atomic E-state index is 0.0170. The predicted molar refractivity (Wildman–Crippen MR) is 126 cm³/mol. The number of carbonyl (C=O) groups is 2. The number of anilines is 1. The Morgan fingerprint density at radius 3 is 2.09 bits per heavy atom. The number of rotatable bonds is 9. The highest BCUT2D eigenvalue weighted by Crippen LogP contribution is 2.21. The number of nitrogens with one attached hydrogen (secondary N) is 3. The Balaban J connectivity index is 1.58. The van der Waals surface area contributed by atoms with E-state index in [-0.39, 0.29) is 35.1 Å². The summed E-state index contributed by atoms with van der Waals surface area (Å²) in [6, 6.07) is 18.6. The fraction of sp³-hybridized carbons (Fsp3) is 0.130. The van der Waals surface area contributed by atoms with Crippen molar-refractivity contribution in [3.8, 4) is 5.75 Å². The lowest BCUT2D eigenvalue weighted by Crippen LogP contribution is -2.35. The van der Waals surface area contributed by atoms with Crippen molar-refractivity contribution in [3.63, 3.8) is 0 Å². The molecule has 0 unspecified atom stereocenters. The van der Waals surface area contributed by atoms with E-state index in [4.69, 9.17) is 16.3 Å². The summed E-state index contributed by atoms with van der Waals surface area (Å²) in [7, 11) is -2.37. The summed E-state index contributed by atoms with van der Waals surface area (Å²) in [6.45, 7) is 0.342. The quantitative estimate of drug-likeness (QED) is 0.401. The Kier molecular flexibility index (Phi) is 7.92.